The van der Waals surface area contributed by atoms with Crippen LogP contribution in [-0.4, -0.2) is 24.1 Å². The molecule has 0 radical (unpaired) electrons. The molecule has 1 amide bonds. The van der Waals surface area contributed by atoms with Crippen LogP contribution in [0.5, 0.6) is 11.5 Å². The van der Waals surface area contributed by atoms with Gasteiger partial charge in [0.15, 0.2) is 0 Å². The van der Waals surface area contributed by atoms with Crippen molar-refractivity contribution in [3.63, 3.8) is 0 Å². The van der Waals surface area contributed by atoms with Crippen molar-refractivity contribution in [2.75, 3.05) is 7.11 Å². The first-order valence-corrected chi connectivity index (χ1v) is 6.80. The highest BCUT2D eigenvalue weighted by Gasteiger charge is 2.13. The maximum atomic E-state index is 11.2. The number of hydrogen-bond donors (Lipinski definition) is 2. The molecule has 1 aromatic carbocycles. The van der Waals surface area contributed by atoms with E-state index in [1.165, 1.54) is 19.2 Å². The predicted octanol–water partition coefficient (Wildman–Crippen LogP) is 2.13. The van der Waals surface area contributed by atoms with Gasteiger partial charge in [-0.1, -0.05) is 0 Å². The minimum absolute atomic E-state index is 0.0799. The molecule has 2 rings (SSSR count). The normalized spacial score (nSPS) is 10.1. The number of aromatic carboxylic acids is 1. The van der Waals surface area contributed by atoms with Crippen molar-refractivity contribution >= 4 is 23.2 Å². The number of methoxy groups -OCH3 is 1. The Hall–Kier alpha value is -2.54. The van der Waals surface area contributed by atoms with Crippen LogP contribution in [-0.2, 0) is 6.61 Å². The molecule has 7 heteroatoms. The van der Waals surface area contributed by atoms with Gasteiger partial charge < -0.3 is 20.3 Å². The van der Waals surface area contributed by atoms with E-state index in [-0.39, 0.29) is 17.0 Å². The van der Waals surface area contributed by atoms with Gasteiger partial charge in [0.1, 0.15) is 23.0 Å². The summed E-state index contributed by atoms with van der Waals surface area (Å²) in [7, 11) is 1.46. The summed E-state index contributed by atoms with van der Waals surface area (Å²) < 4.78 is 10.6. The molecule has 0 unspecified atom stereocenters. The van der Waals surface area contributed by atoms with Crippen molar-refractivity contribution in [1.82, 2.24) is 0 Å². The number of carbonyl (C=O) groups excluding carboxylic acids is 1. The topological polar surface area (TPSA) is 98.8 Å². The summed E-state index contributed by atoms with van der Waals surface area (Å²) in [5, 5.41) is 10.7. The molecule has 0 aliphatic heterocycles. The van der Waals surface area contributed by atoms with E-state index in [4.69, 9.17) is 20.3 Å². The lowest BCUT2D eigenvalue weighted by Crippen LogP contribution is -2.11. The Morgan fingerprint density at radius 3 is 2.62 bits per heavy atom. The second-order valence-corrected chi connectivity index (χ2v) is 5.05. The number of rotatable bonds is 6. The first kappa shape index (κ1) is 14.9. The number of carboxylic acid groups (broad SMARTS) is 1. The molecule has 0 aliphatic rings. The Balaban J connectivity index is 2.19. The van der Waals surface area contributed by atoms with Crippen LogP contribution < -0.4 is 15.2 Å². The zero-order valence-electron chi connectivity index (χ0n) is 11.2. The quantitative estimate of drug-likeness (QED) is 0.851. The molecule has 0 bridgehead atoms. The van der Waals surface area contributed by atoms with Gasteiger partial charge >= 0.3 is 5.97 Å². The second kappa shape index (κ2) is 6.27. The summed E-state index contributed by atoms with van der Waals surface area (Å²) in [5.41, 5.74) is 6.06. The van der Waals surface area contributed by atoms with E-state index in [0.29, 0.717) is 17.1 Å². The van der Waals surface area contributed by atoms with E-state index >= 15 is 0 Å². The van der Waals surface area contributed by atoms with E-state index < -0.39 is 11.9 Å². The number of carbonyl (C=O) groups is 2. The van der Waals surface area contributed by atoms with Crippen LogP contribution in [0.15, 0.2) is 29.6 Å². The Labute approximate surface area is 124 Å². The van der Waals surface area contributed by atoms with Crippen LogP contribution in [0.4, 0.5) is 0 Å². The lowest BCUT2D eigenvalue weighted by atomic mass is 10.2. The largest absolute Gasteiger partial charge is 0.497 e. The van der Waals surface area contributed by atoms with Crippen molar-refractivity contribution < 1.29 is 24.2 Å². The number of nitrogens with two attached hydrogens (primary N) is 1. The van der Waals surface area contributed by atoms with Gasteiger partial charge in [-0.3, -0.25) is 4.79 Å². The third kappa shape index (κ3) is 3.51. The monoisotopic (exact) mass is 307 g/mol. The molecule has 0 saturated carbocycles. The van der Waals surface area contributed by atoms with Gasteiger partial charge in [0.2, 0.25) is 5.91 Å². The number of benzene rings is 1. The standard InChI is InChI=1S/C14H13NO5S/c1-19-10-4-9(13(15)16)5-11(6-10)20-7-8-2-3-21-12(8)14(17)18/h2-6H,7H2,1H3,(H2,15,16)(H,17,18). The highest BCUT2D eigenvalue weighted by atomic mass is 32.1. The summed E-state index contributed by atoms with van der Waals surface area (Å²) in [6, 6.07) is 6.27. The maximum absolute atomic E-state index is 11.2. The number of hydrogen-bond acceptors (Lipinski definition) is 5. The Bertz CT molecular complexity index is 680. The highest BCUT2D eigenvalue weighted by Crippen LogP contribution is 2.25. The molecule has 0 spiro atoms. The minimum atomic E-state index is -0.993. The van der Waals surface area contributed by atoms with Crippen LogP contribution in [0.25, 0.3) is 0 Å². The molecule has 2 aromatic rings. The summed E-state index contributed by atoms with van der Waals surface area (Å²) in [6.07, 6.45) is 0. The van der Waals surface area contributed by atoms with Crippen LogP contribution in [0.1, 0.15) is 25.6 Å². The van der Waals surface area contributed by atoms with E-state index in [2.05, 4.69) is 0 Å². The van der Waals surface area contributed by atoms with Crippen molar-refractivity contribution in [3.05, 3.63) is 45.6 Å². The molecular weight excluding hydrogens is 294 g/mol. The second-order valence-electron chi connectivity index (χ2n) is 4.13. The molecule has 0 atom stereocenters. The summed E-state index contributed by atoms with van der Waals surface area (Å²) in [6.45, 7) is 0.0799. The fourth-order valence-corrected chi connectivity index (χ4v) is 2.46. The van der Waals surface area contributed by atoms with Crippen molar-refractivity contribution in [2.24, 2.45) is 5.73 Å². The van der Waals surface area contributed by atoms with Gasteiger partial charge in [-0.05, 0) is 23.6 Å². The summed E-state index contributed by atoms with van der Waals surface area (Å²) >= 11 is 1.13. The molecule has 1 heterocycles. The van der Waals surface area contributed by atoms with Crippen LogP contribution in [0.2, 0.25) is 0 Å². The Morgan fingerprint density at radius 2 is 2.00 bits per heavy atom. The number of carboxylic acids is 1. The van der Waals surface area contributed by atoms with Gasteiger partial charge in [0.05, 0.1) is 7.11 Å². The summed E-state index contributed by atoms with van der Waals surface area (Å²) in [4.78, 5) is 22.5. The lowest BCUT2D eigenvalue weighted by Gasteiger charge is -2.09. The predicted molar refractivity (Wildman–Crippen MR) is 77.1 cm³/mol. The fraction of sp³-hybridized carbons (Fsp3) is 0.143. The molecule has 0 aliphatic carbocycles. The molecule has 6 nitrogen and oxygen atoms in total. The first-order chi connectivity index (χ1) is 10.0. The molecule has 0 fully saturated rings. The molecular formula is C14H13NO5S. The average molecular weight is 307 g/mol. The van der Waals surface area contributed by atoms with Gasteiger partial charge in [0, 0.05) is 17.2 Å². The maximum Gasteiger partial charge on any atom is 0.346 e. The van der Waals surface area contributed by atoms with E-state index in [1.54, 1.807) is 17.5 Å². The van der Waals surface area contributed by atoms with Gasteiger partial charge in [0.25, 0.3) is 0 Å². The average Bonchev–Trinajstić information content (AvgIpc) is 2.93. The molecule has 3 N–H and O–H groups in total. The number of thiophene rings is 1. The zero-order chi connectivity index (χ0) is 15.4. The molecule has 0 saturated heterocycles. The fourth-order valence-electron chi connectivity index (χ4n) is 1.71. The summed E-state index contributed by atoms with van der Waals surface area (Å²) in [5.74, 6) is -0.775. The van der Waals surface area contributed by atoms with Crippen molar-refractivity contribution in [3.8, 4) is 11.5 Å². The van der Waals surface area contributed by atoms with E-state index in [0.717, 1.165) is 11.3 Å². The van der Waals surface area contributed by atoms with Crippen LogP contribution in [0, 0.1) is 0 Å². The lowest BCUT2D eigenvalue weighted by molar-refractivity contribution is 0.0699. The molecule has 1 aromatic heterocycles. The smallest absolute Gasteiger partial charge is 0.346 e. The zero-order valence-corrected chi connectivity index (χ0v) is 12.0. The molecule has 110 valence electrons. The Kier molecular flexibility index (Phi) is 4.44. The van der Waals surface area contributed by atoms with Gasteiger partial charge in [-0.2, -0.15) is 0 Å². The molecule has 21 heavy (non-hydrogen) atoms. The minimum Gasteiger partial charge on any atom is -0.497 e. The SMILES string of the molecule is COc1cc(OCc2ccsc2C(=O)O)cc(C(N)=O)c1. The van der Waals surface area contributed by atoms with E-state index in [1.807, 2.05) is 0 Å². The number of ether oxygens (including phenoxy) is 2. The number of amides is 1. The van der Waals surface area contributed by atoms with Gasteiger partial charge in [-0.15, -0.1) is 11.3 Å². The van der Waals surface area contributed by atoms with Gasteiger partial charge in [-0.25, -0.2) is 4.79 Å². The first-order valence-electron chi connectivity index (χ1n) is 5.92. The van der Waals surface area contributed by atoms with Crippen LogP contribution >= 0.6 is 11.3 Å². The Morgan fingerprint density at radius 1 is 1.29 bits per heavy atom. The highest BCUT2D eigenvalue weighted by molar-refractivity contribution is 7.12. The van der Waals surface area contributed by atoms with Crippen molar-refractivity contribution in [2.45, 2.75) is 6.61 Å². The third-order valence-electron chi connectivity index (χ3n) is 2.74. The van der Waals surface area contributed by atoms with Crippen molar-refractivity contribution in [1.29, 1.82) is 0 Å². The van der Waals surface area contributed by atoms with E-state index in [9.17, 15) is 9.59 Å². The van der Waals surface area contributed by atoms with Crippen LogP contribution in [0.3, 0.4) is 0 Å². The number of primary amides is 1. The third-order valence-corrected chi connectivity index (χ3v) is 3.68.